The van der Waals surface area contributed by atoms with Gasteiger partial charge in [-0.15, -0.1) is 0 Å². The van der Waals surface area contributed by atoms with E-state index in [1.54, 1.807) is 24.3 Å². The van der Waals surface area contributed by atoms with Crippen LogP contribution in [0.1, 0.15) is 5.56 Å². The maximum Gasteiger partial charge on any atom is 0.246 e. The molecular formula is C20H19FN2O3. The maximum atomic E-state index is 13.0. The van der Waals surface area contributed by atoms with E-state index in [4.69, 9.17) is 9.47 Å². The molecule has 0 spiro atoms. The molecule has 1 amide bonds. The Bertz CT molecular complexity index is 827. The van der Waals surface area contributed by atoms with Crippen molar-refractivity contribution in [2.24, 2.45) is 0 Å². The molecule has 1 saturated heterocycles. The second-order valence-corrected chi connectivity index (χ2v) is 6.23. The fourth-order valence-corrected chi connectivity index (χ4v) is 3.13. The van der Waals surface area contributed by atoms with E-state index in [0.29, 0.717) is 18.8 Å². The van der Waals surface area contributed by atoms with Gasteiger partial charge in [0.15, 0.2) is 11.5 Å². The number of carbonyl (C=O) groups excluding carboxylic acids is 1. The van der Waals surface area contributed by atoms with Crippen LogP contribution in [0.5, 0.6) is 11.5 Å². The highest BCUT2D eigenvalue weighted by Crippen LogP contribution is 2.32. The van der Waals surface area contributed by atoms with E-state index < -0.39 is 0 Å². The largest absolute Gasteiger partial charge is 0.454 e. The predicted octanol–water partition coefficient (Wildman–Crippen LogP) is 2.92. The lowest BCUT2D eigenvalue weighted by Gasteiger charge is -2.35. The van der Waals surface area contributed by atoms with E-state index in [-0.39, 0.29) is 18.5 Å². The van der Waals surface area contributed by atoms with Gasteiger partial charge in [-0.1, -0.05) is 6.07 Å². The second-order valence-electron chi connectivity index (χ2n) is 6.23. The number of ether oxygens (including phenoxy) is 2. The smallest absolute Gasteiger partial charge is 0.246 e. The van der Waals surface area contributed by atoms with E-state index in [1.807, 2.05) is 23.1 Å². The zero-order chi connectivity index (χ0) is 17.9. The van der Waals surface area contributed by atoms with Crippen LogP contribution in [0.25, 0.3) is 6.08 Å². The Morgan fingerprint density at radius 3 is 2.46 bits per heavy atom. The van der Waals surface area contributed by atoms with Gasteiger partial charge in [-0.3, -0.25) is 4.79 Å². The van der Waals surface area contributed by atoms with E-state index >= 15 is 0 Å². The predicted molar refractivity (Wildman–Crippen MR) is 96.8 cm³/mol. The number of benzene rings is 2. The van der Waals surface area contributed by atoms with Gasteiger partial charge in [0.2, 0.25) is 12.7 Å². The number of anilines is 1. The van der Waals surface area contributed by atoms with Gasteiger partial charge in [0.05, 0.1) is 0 Å². The average Bonchev–Trinajstić information content (AvgIpc) is 3.15. The number of hydrogen-bond acceptors (Lipinski definition) is 4. The first-order valence-corrected chi connectivity index (χ1v) is 8.56. The first-order chi connectivity index (χ1) is 12.7. The molecule has 0 aromatic heterocycles. The van der Waals surface area contributed by atoms with Crippen LogP contribution in [0.4, 0.5) is 10.1 Å². The molecular weight excluding hydrogens is 335 g/mol. The van der Waals surface area contributed by atoms with Gasteiger partial charge in [-0.05, 0) is 48.0 Å². The van der Waals surface area contributed by atoms with Gasteiger partial charge >= 0.3 is 0 Å². The van der Waals surface area contributed by atoms with Gasteiger partial charge in [-0.25, -0.2) is 4.39 Å². The average molecular weight is 354 g/mol. The van der Waals surface area contributed by atoms with Crippen molar-refractivity contribution >= 4 is 17.7 Å². The van der Waals surface area contributed by atoms with Crippen molar-refractivity contribution < 1.29 is 18.7 Å². The first-order valence-electron chi connectivity index (χ1n) is 8.56. The van der Waals surface area contributed by atoms with Crippen molar-refractivity contribution in [3.05, 3.63) is 59.9 Å². The molecule has 0 atom stereocenters. The summed E-state index contributed by atoms with van der Waals surface area (Å²) in [4.78, 5) is 16.4. The van der Waals surface area contributed by atoms with Crippen molar-refractivity contribution in [3.63, 3.8) is 0 Å². The molecule has 4 rings (SSSR count). The summed E-state index contributed by atoms with van der Waals surface area (Å²) in [6.07, 6.45) is 3.38. The molecule has 1 fully saturated rings. The normalized spacial score (nSPS) is 16.3. The van der Waals surface area contributed by atoms with E-state index in [1.165, 1.54) is 12.1 Å². The Hall–Kier alpha value is -3.02. The van der Waals surface area contributed by atoms with Crippen LogP contribution in [-0.2, 0) is 4.79 Å². The van der Waals surface area contributed by atoms with Crippen molar-refractivity contribution in [1.29, 1.82) is 0 Å². The molecule has 0 radical (unpaired) electrons. The lowest BCUT2D eigenvalue weighted by Crippen LogP contribution is -2.48. The van der Waals surface area contributed by atoms with Crippen LogP contribution >= 0.6 is 0 Å². The minimum Gasteiger partial charge on any atom is -0.454 e. The van der Waals surface area contributed by atoms with Gasteiger partial charge in [0, 0.05) is 37.9 Å². The molecule has 0 saturated carbocycles. The SMILES string of the molecule is O=C(/C=C/c1ccc2c(c1)OCO2)N1CCN(c2ccc(F)cc2)CC1. The molecule has 134 valence electrons. The molecule has 2 heterocycles. The number of amides is 1. The summed E-state index contributed by atoms with van der Waals surface area (Å²) < 4.78 is 23.6. The zero-order valence-electron chi connectivity index (χ0n) is 14.2. The number of carbonyl (C=O) groups is 1. The summed E-state index contributed by atoms with van der Waals surface area (Å²) in [5.41, 5.74) is 1.88. The summed E-state index contributed by atoms with van der Waals surface area (Å²) in [6.45, 7) is 2.98. The number of hydrogen-bond donors (Lipinski definition) is 0. The molecule has 0 aliphatic carbocycles. The molecule has 0 bridgehead atoms. The van der Waals surface area contributed by atoms with E-state index in [9.17, 15) is 9.18 Å². The number of piperazine rings is 1. The number of nitrogens with zero attached hydrogens (tertiary/aromatic N) is 2. The fourth-order valence-electron chi connectivity index (χ4n) is 3.13. The standard InChI is InChI=1S/C20H19FN2O3/c21-16-3-5-17(6-4-16)22-9-11-23(12-10-22)20(24)8-2-15-1-7-18-19(13-15)26-14-25-18/h1-8,13H,9-12,14H2/b8-2+. The third kappa shape index (κ3) is 3.49. The highest BCUT2D eigenvalue weighted by atomic mass is 19.1. The van der Waals surface area contributed by atoms with Gasteiger partial charge < -0.3 is 19.3 Å². The Labute approximate surface area is 151 Å². The highest BCUT2D eigenvalue weighted by Gasteiger charge is 2.20. The minimum atomic E-state index is -0.240. The van der Waals surface area contributed by atoms with Crippen LogP contribution in [-0.4, -0.2) is 43.8 Å². The Morgan fingerprint density at radius 2 is 1.69 bits per heavy atom. The van der Waals surface area contributed by atoms with E-state index in [2.05, 4.69) is 4.90 Å². The quantitative estimate of drug-likeness (QED) is 0.795. The molecule has 2 aliphatic heterocycles. The third-order valence-electron chi connectivity index (χ3n) is 4.60. The Morgan fingerprint density at radius 1 is 0.962 bits per heavy atom. The summed E-state index contributed by atoms with van der Waals surface area (Å²) in [5, 5.41) is 0. The third-order valence-corrected chi connectivity index (χ3v) is 4.60. The van der Waals surface area contributed by atoms with Crippen LogP contribution in [0, 0.1) is 5.82 Å². The van der Waals surface area contributed by atoms with Crippen LogP contribution in [0.3, 0.4) is 0 Å². The zero-order valence-corrected chi connectivity index (χ0v) is 14.2. The molecule has 0 N–H and O–H groups in total. The minimum absolute atomic E-state index is 0.0126. The molecule has 6 heteroatoms. The monoisotopic (exact) mass is 354 g/mol. The lowest BCUT2D eigenvalue weighted by molar-refractivity contribution is -0.126. The number of halogens is 1. The van der Waals surface area contributed by atoms with Gasteiger partial charge in [-0.2, -0.15) is 0 Å². The number of rotatable bonds is 3. The molecule has 2 aliphatic rings. The molecule has 2 aromatic rings. The lowest BCUT2D eigenvalue weighted by atomic mass is 10.2. The summed E-state index contributed by atoms with van der Waals surface area (Å²) in [6, 6.07) is 12.1. The van der Waals surface area contributed by atoms with Crippen LogP contribution in [0.2, 0.25) is 0 Å². The summed E-state index contributed by atoms with van der Waals surface area (Å²) in [5.74, 6) is 1.18. The molecule has 0 unspecified atom stereocenters. The van der Waals surface area contributed by atoms with E-state index in [0.717, 1.165) is 30.1 Å². The van der Waals surface area contributed by atoms with Crippen molar-refractivity contribution in [2.45, 2.75) is 0 Å². The fraction of sp³-hybridized carbons (Fsp3) is 0.250. The Kier molecular flexibility index (Phi) is 4.48. The molecule has 5 nitrogen and oxygen atoms in total. The Balaban J connectivity index is 1.34. The summed E-state index contributed by atoms with van der Waals surface area (Å²) >= 11 is 0. The van der Waals surface area contributed by atoms with Gasteiger partial charge in [0.1, 0.15) is 5.82 Å². The summed E-state index contributed by atoms with van der Waals surface area (Å²) in [7, 11) is 0. The molecule has 2 aromatic carbocycles. The van der Waals surface area contributed by atoms with Crippen LogP contribution in [0.15, 0.2) is 48.5 Å². The van der Waals surface area contributed by atoms with Crippen molar-refractivity contribution in [2.75, 3.05) is 37.9 Å². The topological polar surface area (TPSA) is 42.0 Å². The second kappa shape index (κ2) is 7.07. The number of fused-ring (bicyclic) bond motifs is 1. The van der Waals surface area contributed by atoms with Crippen LogP contribution < -0.4 is 14.4 Å². The van der Waals surface area contributed by atoms with Crippen molar-refractivity contribution in [1.82, 2.24) is 4.90 Å². The molecule has 26 heavy (non-hydrogen) atoms. The highest BCUT2D eigenvalue weighted by molar-refractivity contribution is 5.92. The van der Waals surface area contributed by atoms with Crippen molar-refractivity contribution in [3.8, 4) is 11.5 Å². The maximum absolute atomic E-state index is 13.0. The van der Waals surface area contributed by atoms with Gasteiger partial charge in [0.25, 0.3) is 0 Å². The first kappa shape index (κ1) is 16.4.